The van der Waals surface area contributed by atoms with Crippen LogP contribution in [0, 0.1) is 0 Å². The van der Waals surface area contributed by atoms with E-state index >= 15 is 0 Å². The lowest BCUT2D eigenvalue weighted by Crippen LogP contribution is -2.58. The van der Waals surface area contributed by atoms with Crippen LogP contribution < -0.4 is 5.73 Å². The highest BCUT2D eigenvalue weighted by atomic mass is 32.1. The zero-order valence-electron chi connectivity index (χ0n) is 12.4. The van der Waals surface area contributed by atoms with Gasteiger partial charge in [0.2, 0.25) is 0 Å². The van der Waals surface area contributed by atoms with Crippen molar-refractivity contribution in [3.05, 3.63) is 16.0 Å². The van der Waals surface area contributed by atoms with Gasteiger partial charge < -0.3 is 15.0 Å². The standard InChI is InChI=1S/C14H22N2O2S/c1-6-18-13(17)11-9-7-14(2,3)16(4,5)8-10(9)19-12(11)15/h6-8H2,1-5H3,(H-,15,17)/p+1. The molecular weight excluding hydrogens is 260 g/mol. The molecule has 0 amide bonds. The molecule has 0 aliphatic carbocycles. The van der Waals surface area contributed by atoms with Gasteiger partial charge in [-0.25, -0.2) is 4.79 Å². The van der Waals surface area contributed by atoms with Crippen LogP contribution in [0.15, 0.2) is 0 Å². The molecule has 2 heterocycles. The summed E-state index contributed by atoms with van der Waals surface area (Å²) >= 11 is 1.54. The van der Waals surface area contributed by atoms with Gasteiger partial charge in [-0.1, -0.05) is 0 Å². The predicted octanol–water partition coefficient (Wildman–Crippen LogP) is 2.42. The maximum absolute atomic E-state index is 12.1. The number of fused-ring (bicyclic) bond motifs is 1. The monoisotopic (exact) mass is 283 g/mol. The van der Waals surface area contributed by atoms with Crippen molar-refractivity contribution in [1.29, 1.82) is 0 Å². The van der Waals surface area contributed by atoms with Crippen molar-refractivity contribution in [1.82, 2.24) is 0 Å². The number of quaternary nitrogens is 1. The van der Waals surface area contributed by atoms with Gasteiger partial charge in [0.25, 0.3) is 0 Å². The van der Waals surface area contributed by atoms with E-state index in [0.717, 1.165) is 23.0 Å². The van der Waals surface area contributed by atoms with Crippen molar-refractivity contribution in [2.24, 2.45) is 0 Å². The molecule has 0 aromatic carbocycles. The van der Waals surface area contributed by atoms with E-state index in [2.05, 4.69) is 27.9 Å². The maximum Gasteiger partial charge on any atom is 0.341 e. The summed E-state index contributed by atoms with van der Waals surface area (Å²) in [5.74, 6) is -0.277. The number of hydrogen-bond donors (Lipinski definition) is 1. The SMILES string of the molecule is CCOC(=O)c1c(N)sc2c1CC(C)(C)[N+](C)(C)C2. The van der Waals surface area contributed by atoms with Gasteiger partial charge in [-0.3, -0.25) is 0 Å². The van der Waals surface area contributed by atoms with Crippen LogP contribution in [0.5, 0.6) is 0 Å². The third-order valence-electron chi connectivity index (χ3n) is 4.38. The normalized spacial score (nSPS) is 19.8. The second kappa shape index (κ2) is 4.49. The number of nitrogen functional groups attached to an aromatic ring is 1. The van der Waals surface area contributed by atoms with Crippen LogP contribution in [0.25, 0.3) is 0 Å². The molecule has 0 spiro atoms. The Labute approximate surface area is 118 Å². The van der Waals surface area contributed by atoms with Gasteiger partial charge in [0, 0.05) is 6.42 Å². The van der Waals surface area contributed by atoms with Gasteiger partial charge >= 0.3 is 5.97 Å². The van der Waals surface area contributed by atoms with E-state index in [1.807, 2.05) is 6.92 Å². The van der Waals surface area contributed by atoms with E-state index in [1.54, 1.807) is 0 Å². The topological polar surface area (TPSA) is 52.3 Å². The number of esters is 1. The second-order valence-corrected chi connectivity index (χ2v) is 7.43. The summed E-state index contributed by atoms with van der Waals surface area (Å²) in [5.41, 5.74) is 7.83. The van der Waals surface area contributed by atoms with Crippen LogP contribution in [0.1, 0.15) is 41.6 Å². The van der Waals surface area contributed by atoms with E-state index in [4.69, 9.17) is 10.5 Å². The minimum absolute atomic E-state index is 0.0851. The zero-order chi connectivity index (χ0) is 14.4. The van der Waals surface area contributed by atoms with E-state index in [9.17, 15) is 4.79 Å². The van der Waals surface area contributed by atoms with Crippen molar-refractivity contribution < 1.29 is 14.0 Å². The lowest BCUT2D eigenvalue weighted by atomic mass is 9.85. The fraction of sp³-hybridized carbons (Fsp3) is 0.643. The molecule has 0 saturated carbocycles. The fourth-order valence-electron chi connectivity index (χ4n) is 2.49. The average Bonchev–Trinajstić information content (AvgIpc) is 2.53. The summed E-state index contributed by atoms with van der Waals surface area (Å²) in [5, 5.41) is 0.598. The molecule has 19 heavy (non-hydrogen) atoms. The first-order chi connectivity index (χ1) is 8.69. The number of likely N-dealkylation sites (N-methyl/N-ethyl adjacent to an activating group) is 1. The van der Waals surface area contributed by atoms with Gasteiger partial charge in [0.05, 0.1) is 36.7 Å². The number of hydrogen-bond acceptors (Lipinski definition) is 4. The van der Waals surface area contributed by atoms with Crippen molar-refractivity contribution in [2.45, 2.75) is 39.3 Å². The largest absolute Gasteiger partial charge is 0.462 e. The fourth-order valence-corrected chi connectivity index (χ4v) is 3.75. The Balaban J connectivity index is 2.48. The van der Waals surface area contributed by atoms with E-state index in [1.165, 1.54) is 16.2 Å². The highest BCUT2D eigenvalue weighted by Gasteiger charge is 2.44. The van der Waals surface area contributed by atoms with Crippen LogP contribution in [0.4, 0.5) is 5.00 Å². The summed E-state index contributed by atoms with van der Waals surface area (Å²) in [6.45, 7) is 7.58. The Hall–Kier alpha value is -1.07. The van der Waals surface area contributed by atoms with Gasteiger partial charge in [-0.15, -0.1) is 11.3 Å². The molecule has 0 unspecified atom stereocenters. The van der Waals surface area contributed by atoms with Crippen LogP contribution in [-0.2, 0) is 17.7 Å². The van der Waals surface area contributed by atoms with Gasteiger partial charge in [-0.2, -0.15) is 0 Å². The highest BCUT2D eigenvalue weighted by molar-refractivity contribution is 7.16. The second-order valence-electron chi connectivity index (χ2n) is 6.30. The molecular formula is C14H23N2O2S+. The minimum Gasteiger partial charge on any atom is -0.462 e. The molecule has 0 radical (unpaired) electrons. The van der Waals surface area contributed by atoms with Gasteiger partial charge in [-0.05, 0) is 26.3 Å². The first-order valence-corrected chi connectivity index (χ1v) is 7.41. The number of thiophene rings is 1. The molecule has 2 N–H and O–H groups in total. The number of nitrogens with two attached hydrogens (primary N) is 1. The summed E-state index contributed by atoms with van der Waals surface area (Å²) in [4.78, 5) is 13.3. The Morgan fingerprint density at radius 3 is 2.68 bits per heavy atom. The molecule has 0 atom stereocenters. The smallest absolute Gasteiger partial charge is 0.341 e. The average molecular weight is 283 g/mol. The lowest BCUT2D eigenvalue weighted by Gasteiger charge is -2.47. The molecule has 1 aliphatic rings. The van der Waals surface area contributed by atoms with E-state index in [0.29, 0.717) is 17.2 Å². The number of carbonyl (C=O) groups is 1. The summed E-state index contributed by atoms with van der Waals surface area (Å²) in [6, 6.07) is 0. The van der Waals surface area contributed by atoms with Crippen LogP contribution in [0.2, 0.25) is 0 Å². The quantitative estimate of drug-likeness (QED) is 0.670. The molecule has 0 bridgehead atoms. The third-order valence-corrected chi connectivity index (χ3v) is 5.43. The molecule has 106 valence electrons. The number of anilines is 1. The minimum atomic E-state index is -0.277. The van der Waals surface area contributed by atoms with Crippen molar-refractivity contribution in [3.8, 4) is 0 Å². The maximum atomic E-state index is 12.1. The predicted molar refractivity (Wildman–Crippen MR) is 78.3 cm³/mol. The van der Waals surface area contributed by atoms with Crippen LogP contribution >= 0.6 is 11.3 Å². The first kappa shape index (κ1) is 14.3. The molecule has 1 aromatic rings. The molecule has 5 heteroatoms. The molecule has 4 nitrogen and oxygen atoms in total. The highest BCUT2D eigenvalue weighted by Crippen LogP contribution is 2.42. The summed E-state index contributed by atoms with van der Waals surface area (Å²) in [7, 11) is 4.45. The van der Waals surface area contributed by atoms with Crippen molar-refractivity contribution in [2.75, 3.05) is 26.4 Å². The molecule has 0 saturated heterocycles. The molecule has 2 rings (SSSR count). The Kier molecular flexibility index (Phi) is 3.39. The Morgan fingerprint density at radius 2 is 2.11 bits per heavy atom. The van der Waals surface area contributed by atoms with Crippen LogP contribution in [0.3, 0.4) is 0 Å². The van der Waals surface area contributed by atoms with E-state index < -0.39 is 0 Å². The molecule has 1 aliphatic heterocycles. The number of carbonyl (C=O) groups excluding carboxylic acids is 1. The van der Waals surface area contributed by atoms with Crippen molar-refractivity contribution in [3.63, 3.8) is 0 Å². The molecule has 0 fully saturated rings. The van der Waals surface area contributed by atoms with Crippen molar-refractivity contribution >= 4 is 22.3 Å². The number of ether oxygens (including phenoxy) is 1. The first-order valence-electron chi connectivity index (χ1n) is 6.60. The number of nitrogens with zero attached hydrogens (tertiary/aromatic N) is 1. The molecule has 1 aromatic heterocycles. The van der Waals surface area contributed by atoms with Crippen LogP contribution in [-0.4, -0.2) is 36.7 Å². The zero-order valence-corrected chi connectivity index (χ0v) is 13.2. The third kappa shape index (κ3) is 2.25. The summed E-state index contributed by atoms with van der Waals surface area (Å²) < 4.78 is 6.04. The lowest BCUT2D eigenvalue weighted by molar-refractivity contribution is -0.952. The number of rotatable bonds is 2. The Morgan fingerprint density at radius 1 is 1.47 bits per heavy atom. The van der Waals surface area contributed by atoms with Gasteiger partial charge in [0.1, 0.15) is 11.5 Å². The summed E-state index contributed by atoms with van der Waals surface area (Å²) in [6.07, 6.45) is 0.858. The Bertz CT molecular complexity index is 518. The van der Waals surface area contributed by atoms with E-state index in [-0.39, 0.29) is 11.5 Å². The van der Waals surface area contributed by atoms with Gasteiger partial charge in [0.15, 0.2) is 0 Å².